The molecule has 0 spiro atoms. The Labute approximate surface area is 152 Å². The Kier molecular flexibility index (Phi) is 4.21. The number of hydrogen-bond donors (Lipinski definition) is 0. The number of fused-ring (bicyclic) bond motifs is 3. The van der Waals surface area contributed by atoms with Gasteiger partial charge in [0.2, 0.25) is 0 Å². The largest absolute Gasteiger partial charge is 0.497 e. The molecule has 0 unspecified atom stereocenters. The molecule has 0 aliphatic rings. The molecular formula is C21H21N3O2. The summed E-state index contributed by atoms with van der Waals surface area (Å²) in [6.07, 6.45) is 3.88. The van der Waals surface area contributed by atoms with Gasteiger partial charge in [0.15, 0.2) is 0 Å². The van der Waals surface area contributed by atoms with Crippen LogP contribution in [0.2, 0.25) is 0 Å². The van der Waals surface area contributed by atoms with E-state index < -0.39 is 0 Å². The normalized spacial score (nSPS) is 11.2. The molecule has 5 nitrogen and oxygen atoms in total. The lowest BCUT2D eigenvalue weighted by molar-refractivity contribution is 0.414. The molecule has 26 heavy (non-hydrogen) atoms. The predicted octanol–water partition coefficient (Wildman–Crippen LogP) is 4.54. The summed E-state index contributed by atoms with van der Waals surface area (Å²) in [5.74, 6) is 1.60. The highest BCUT2D eigenvalue weighted by molar-refractivity contribution is 6.05. The van der Waals surface area contributed by atoms with E-state index in [0.717, 1.165) is 51.8 Å². The van der Waals surface area contributed by atoms with Gasteiger partial charge in [-0.25, -0.2) is 4.68 Å². The molecule has 4 aromatic rings. The molecule has 0 atom stereocenters. The van der Waals surface area contributed by atoms with Crippen LogP contribution in [-0.4, -0.2) is 29.0 Å². The number of methoxy groups -OCH3 is 2. The number of ether oxygens (including phenoxy) is 2. The smallest absolute Gasteiger partial charge is 0.145 e. The number of pyridine rings is 1. The topological polar surface area (TPSA) is 49.2 Å². The summed E-state index contributed by atoms with van der Waals surface area (Å²) in [4.78, 5) is 4.66. The van der Waals surface area contributed by atoms with Crippen LogP contribution in [0.15, 0.2) is 48.7 Å². The standard InChI is InChI=1S/C21H21N3O2/c1-4-6-18-17-13-22-21-16(7-5-8-19(21)26-3)20(17)23-24(18)14-9-11-15(25-2)12-10-14/h5,7-13H,4,6H2,1-3H3. The van der Waals surface area contributed by atoms with Gasteiger partial charge in [0.05, 0.1) is 25.6 Å². The summed E-state index contributed by atoms with van der Waals surface area (Å²) in [5, 5.41) is 7.03. The van der Waals surface area contributed by atoms with Crippen molar-refractivity contribution in [3.05, 3.63) is 54.4 Å². The molecule has 132 valence electrons. The van der Waals surface area contributed by atoms with E-state index in [4.69, 9.17) is 14.6 Å². The van der Waals surface area contributed by atoms with E-state index in [-0.39, 0.29) is 0 Å². The van der Waals surface area contributed by atoms with Gasteiger partial charge in [-0.3, -0.25) is 4.98 Å². The number of aryl methyl sites for hydroxylation is 1. The first kappa shape index (κ1) is 16.4. The quantitative estimate of drug-likeness (QED) is 0.532. The third kappa shape index (κ3) is 2.56. The Balaban J connectivity index is 1.99. The minimum absolute atomic E-state index is 0.764. The molecule has 0 saturated heterocycles. The summed E-state index contributed by atoms with van der Waals surface area (Å²) >= 11 is 0. The molecule has 0 amide bonds. The van der Waals surface area contributed by atoms with Gasteiger partial charge >= 0.3 is 0 Å². The van der Waals surface area contributed by atoms with Crippen LogP contribution in [0.5, 0.6) is 11.5 Å². The van der Waals surface area contributed by atoms with Crippen molar-refractivity contribution in [2.45, 2.75) is 19.8 Å². The van der Waals surface area contributed by atoms with Crippen LogP contribution < -0.4 is 9.47 Å². The van der Waals surface area contributed by atoms with Gasteiger partial charge in [-0.05, 0) is 36.8 Å². The highest BCUT2D eigenvalue weighted by Gasteiger charge is 2.16. The van der Waals surface area contributed by atoms with Gasteiger partial charge in [-0.2, -0.15) is 5.10 Å². The highest BCUT2D eigenvalue weighted by atomic mass is 16.5. The van der Waals surface area contributed by atoms with Gasteiger partial charge in [0.1, 0.15) is 22.5 Å². The Morgan fingerprint density at radius 3 is 2.42 bits per heavy atom. The maximum absolute atomic E-state index is 5.46. The van der Waals surface area contributed by atoms with Crippen molar-refractivity contribution in [3.8, 4) is 17.2 Å². The van der Waals surface area contributed by atoms with E-state index in [1.54, 1.807) is 14.2 Å². The molecule has 0 fully saturated rings. The fraction of sp³-hybridized carbons (Fsp3) is 0.238. The highest BCUT2D eigenvalue weighted by Crippen LogP contribution is 2.32. The van der Waals surface area contributed by atoms with Crippen molar-refractivity contribution >= 4 is 21.8 Å². The zero-order valence-electron chi connectivity index (χ0n) is 15.2. The van der Waals surface area contributed by atoms with Gasteiger partial charge in [-0.1, -0.05) is 25.5 Å². The summed E-state index contributed by atoms with van der Waals surface area (Å²) < 4.78 is 12.8. The maximum Gasteiger partial charge on any atom is 0.145 e. The van der Waals surface area contributed by atoms with Crippen molar-refractivity contribution in [1.82, 2.24) is 14.8 Å². The minimum atomic E-state index is 0.764. The van der Waals surface area contributed by atoms with Crippen LogP contribution in [-0.2, 0) is 6.42 Å². The lowest BCUT2D eigenvalue weighted by atomic mass is 10.1. The first-order valence-corrected chi connectivity index (χ1v) is 8.74. The number of rotatable bonds is 5. The SMILES string of the molecule is CCCc1c2cnc3c(OC)cccc3c2nn1-c1ccc(OC)cc1. The fourth-order valence-electron chi connectivity index (χ4n) is 3.35. The summed E-state index contributed by atoms with van der Waals surface area (Å²) in [6.45, 7) is 2.18. The molecule has 0 aliphatic carbocycles. The van der Waals surface area contributed by atoms with Crippen LogP contribution in [0.3, 0.4) is 0 Å². The summed E-state index contributed by atoms with van der Waals surface area (Å²) in [6, 6.07) is 13.9. The Bertz CT molecular complexity index is 1070. The number of benzene rings is 2. The minimum Gasteiger partial charge on any atom is -0.497 e. The average Bonchev–Trinajstić information content (AvgIpc) is 3.07. The van der Waals surface area contributed by atoms with Crippen LogP contribution >= 0.6 is 0 Å². The van der Waals surface area contributed by atoms with Crippen molar-refractivity contribution in [3.63, 3.8) is 0 Å². The molecule has 4 rings (SSSR count). The van der Waals surface area contributed by atoms with Crippen molar-refractivity contribution in [1.29, 1.82) is 0 Å². The first-order valence-electron chi connectivity index (χ1n) is 8.74. The molecule has 2 aromatic heterocycles. The van der Waals surface area contributed by atoms with E-state index >= 15 is 0 Å². The average molecular weight is 347 g/mol. The van der Waals surface area contributed by atoms with Crippen LogP contribution in [0, 0.1) is 0 Å². The van der Waals surface area contributed by atoms with Gasteiger partial charge in [0.25, 0.3) is 0 Å². The van der Waals surface area contributed by atoms with E-state index in [2.05, 4.69) is 11.9 Å². The molecule has 2 aromatic carbocycles. The number of para-hydroxylation sites is 1. The van der Waals surface area contributed by atoms with Crippen LogP contribution in [0.4, 0.5) is 0 Å². The van der Waals surface area contributed by atoms with E-state index in [1.165, 1.54) is 5.69 Å². The molecule has 0 N–H and O–H groups in total. The summed E-state index contributed by atoms with van der Waals surface area (Å²) in [5.41, 5.74) is 3.98. The lowest BCUT2D eigenvalue weighted by Crippen LogP contribution is -2.02. The van der Waals surface area contributed by atoms with E-state index in [0.29, 0.717) is 0 Å². The third-order valence-electron chi connectivity index (χ3n) is 4.62. The molecule has 0 bridgehead atoms. The summed E-state index contributed by atoms with van der Waals surface area (Å²) in [7, 11) is 3.34. The first-order chi connectivity index (χ1) is 12.8. The monoisotopic (exact) mass is 347 g/mol. The molecule has 0 saturated carbocycles. The van der Waals surface area contributed by atoms with Crippen molar-refractivity contribution in [2.75, 3.05) is 14.2 Å². The number of hydrogen-bond acceptors (Lipinski definition) is 4. The van der Waals surface area contributed by atoms with Gasteiger partial charge in [-0.15, -0.1) is 0 Å². The van der Waals surface area contributed by atoms with Crippen LogP contribution in [0.25, 0.3) is 27.5 Å². The lowest BCUT2D eigenvalue weighted by Gasteiger charge is -2.08. The molecule has 2 heterocycles. The van der Waals surface area contributed by atoms with Gasteiger partial charge < -0.3 is 9.47 Å². The predicted molar refractivity (Wildman–Crippen MR) is 103 cm³/mol. The second kappa shape index (κ2) is 6.67. The number of nitrogens with zero attached hydrogens (tertiary/aromatic N) is 3. The molecule has 5 heteroatoms. The number of aromatic nitrogens is 3. The third-order valence-corrected chi connectivity index (χ3v) is 4.62. The Morgan fingerprint density at radius 2 is 1.73 bits per heavy atom. The van der Waals surface area contributed by atoms with E-state index in [1.807, 2.05) is 53.3 Å². The second-order valence-corrected chi connectivity index (χ2v) is 6.18. The van der Waals surface area contributed by atoms with Gasteiger partial charge in [0, 0.05) is 17.0 Å². The van der Waals surface area contributed by atoms with Crippen molar-refractivity contribution < 1.29 is 9.47 Å². The molecular weight excluding hydrogens is 326 g/mol. The second-order valence-electron chi connectivity index (χ2n) is 6.18. The Hall–Kier alpha value is -3.08. The molecule has 0 aliphatic heterocycles. The Morgan fingerprint density at radius 1 is 0.923 bits per heavy atom. The zero-order valence-corrected chi connectivity index (χ0v) is 15.2. The zero-order chi connectivity index (χ0) is 18.1. The maximum atomic E-state index is 5.46. The molecule has 0 radical (unpaired) electrons. The fourth-order valence-corrected chi connectivity index (χ4v) is 3.35. The van der Waals surface area contributed by atoms with Crippen molar-refractivity contribution in [2.24, 2.45) is 0 Å². The van der Waals surface area contributed by atoms with Crippen LogP contribution in [0.1, 0.15) is 19.0 Å². The van der Waals surface area contributed by atoms with E-state index in [9.17, 15) is 0 Å².